The third-order valence-electron chi connectivity index (χ3n) is 2.57. The molecule has 84 valence electrons. The molecule has 2 N–H and O–H groups in total. The molecule has 0 aliphatic carbocycles. The van der Waals surface area contributed by atoms with Gasteiger partial charge in [-0.15, -0.1) is 11.3 Å². The minimum atomic E-state index is 0.294. The number of thiophene rings is 1. The Morgan fingerprint density at radius 1 is 1.12 bits per heavy atom. The van der Waals surface area contributed by atoms with Gasteiger partial charge < -0.3 is 5.73 Å². The smallest absolute Gasteiger partial charge is 0.0345 e. The van der Waals surface area contributed by atoms with Crippen LogP contribution in [0, 0.1) is 0 Å². The van der Waals surface area contributed by atoms with Crippen molar-refractivity contribution in [3.8, 4) is 10.4 Å². The molecule has 1 aromatic heterocycles. The molecule has 2 aromatic rings. The Morgan fingerprint density at radius 2 is 1.88 bits per heavy atom. The fourth-order valence-electron chi connectivity index (χ4n) is 1.64. The predicted molar refractivity (Wildman–Crippen MR) is 71.7 cm³/mol. The van der Waals surface area contributed by atoms with E-state index < -0.39 is 0 Å². The molecule has 1 nitrogen and oxygen atoms in total. The normalized spacial score (nSPS) is 12.6. The Hall–Kier alpha value is -1.12. The average molecular weight is 231 g/mol. The van der Waals surface area contributed by atoms with Gasteiger partial charge in [-0.3, -0.25) is 0 Å². The van der Waals surface area contributed by atoms with Gasteiger partial charge in [0.05, 0.1) is 0 Å². The fraction of sp³-hybridized carbons (Fsp3) is 0.286. The van der Waals surface area contributed by atoms with Crippen molar-refractivity contribution in [2.75, 3.05) is 0 Å². The van der Waals surface area contributed by atoms with E-state index in [1.165, 1.54) is 15.3 Å². The molecule has 0 aliphatic rings. The molecule has 0 fully saturated rings. The van der Waals surface area contributed by atoms with Crippen LogP contribution in [0.4, 0.5) is 0 Å². The summed E-state index contributed by atoms with van der Waals surface area (Å²) in [5.74, 6) is 0. The minimum absolute atomic E-state index is 0.294. The SMILES string of the molecule is C[C@@H](N)CCc1ccc(-c2ccccc2)s1. The lowest BCUT2D eigenvalue weighted by molar-refractivity contribution is 0.670. The Morgan fingerprint density at radius 3 is 2.56 bits per heavy atom. The van der Waals surface area contributed by atoms with Gasteiger partial charge in [0, 0.05) is 15.8 Å². The Labute approximate surface area is 101 Å². The monoisotopic (exact) mass is 231 g/mol. The van der Waals surface area contributed by atoms with Gasteiger partial charge >= 0.3 is 0 Å². The van der Waals surface area contributed by atoms with Crippen molar-refractivity contribution >= 4 is 11.3 Å². The largest absolute Gasteiger partial charge is 0.328 e. The lowest BCUT2D eigenvalue weighted by Crippen LogP contribution is -2.14. The van der Waals surface area contributed by atoms with Crippen molar-refractivity contribution in [2.24, 2.45) is 5.73 Å². The maximum Gasteiger partial charge on any atom is 0.0345 e. The Kier molecular flexibility index (Phi) is 3.75. The standard InChI is InChI=1S/C14H17NS/c1-11(15)7-8-13-9-10-14(16-13)12-5-3-2-4-6-12/h2-6,9-11H,7-8,15H2,1H3/t11-/m1/s1. The third kappa shape index (κ3) is 2.94. The molecule has 0 radical (unpaired) electrons. The van der Waals surface area contributed by atoms with Gasteiger partial charge in [-0.2, -0.15) is 0 Å². The van der Waals surface area contributed by atoms with Crippen molar-refractivity contribution in [1.82, 2.24) is 0 Å². The second-order valence-corrected chi connectivity index (χ2v) is 5.32. The van der Waals surface area contributed by atoms with E-state index in [-0.39, 0.29) is 0 Å². The van der Waals surface area contributed by atoms with Crippen molar-refractivity contribution in [2.45, 2.75) is 25.8 Å². The first-order valence-corrected chi connectivity index (χ1v) is 6.47. The molecular formula is C14H17NS. The maximum absolute atomic E-state index is 5.76. The summed E-state index contributed by atoms with van der Waals surface area (Å²) in [5, 5.41) is 0. The maximum atomic E-state index is 5.76. The molecule has 1 aromatic carbocycles. The molecule has 0 amide bonds. The van der Waals surface area contributed by atoms with Crippen molar-refractivity contribution in [1.29, 1.82) is 0 Å². The van der Waals surface area contributed by atoms with E-state index in [0.29, 0.717) is 6.04 Å². The zero-order chi connectivity index (χ0) is 11.4. The molecule has 0 aliphatic heterocycles. The molecule has 0 saturated carbocycles. The summed E-state index contributed by atoms with van der Waals surface area (Å²) >= 11 is 1.87. The summed E-state index contributed by atoms with van der Waals surface area (Å²) in [7, 11) is 0. The van der Waals surface area contributed by atoms with Crippen LogP contribution >= 0.6 is 11.3 Å². The summed E-state index contributed by atoms with van der Waals surface area (Å²) in [6.45, 7) is 2.06. The average Bonchev–Trinajstić information content (AvgIpc) is 2.76. The number of aryl methyl sites for hydroxylation is 1. The van der Waals surface area contributed by atoms with E-state index in [1.807, 2.05) is 17.4 Å². The van der Waals surface area contributed by atoms with Crippen LogP contribution in [-0.4, -0.2) is 6.04 Å². The lowest BCUT2D eigenvalue weighted by Gasteiger charge is -2.01. The zero-order valence-corrected chi connectivity index (χ0v) is 10.3. The first kappa shape index (κ1) is 11.4. The van der Waals surface area contributed by atoms with Crippen molar-refractivity contribution < 1.29 is 0 Å². The molecule has 0 bridgehead atoms. The Bertz CT molecular complexity index is 431. The van der Waals surface area contributed by atoms with E-state index >= 15 is 0 Å². The van der Waals surface area contributed by atoms with Gasteiger partial charge in [0.1, 0.15) is 0 Å². The molecule has 0 spiro atoms. The van der Waals surface area contributed by atoms with Gasteiger partial charge in [0.25, 0.3) is 0 Å². The second kappa shape index (κ2) is 5.28. The Balaban J connectivity index is 2.08. The van der Waals surface area contributed by atoms with E-state index in [9.17, 15) is 0 Å². The van der Waals surface area contributed by atoms with Crippen LogP contribution < -0.4 is 5.73 Å². The molecule has 1 heterocycles. The van der Waals surface area contributed by atoms with Crippen molar-refractivity contribution in [3.05, 3.63) is 47.3 Å². The lowest BCUT2D eigenvalue weighted by atomic mass is 10.1. The highest BCUT2D eigenvalue weighted by Crippen LogP contribution is 2.28. The van der Waals surface area contributed by atoms with Crippen LogP contribution in [0.15, 0.2) is 42.5 Å². The van der Waals surface area contributed by atoms with Crippen LogP contribution in [-0.2, 0) is 6.42 Å². The van der Waals surface area contributed by atoms with E-state index in [2.05, 4.69) is 43.3 Å². The molecule has 0 unspecified atom stereocenters. The summed E-state index contributed by atoms with van der Waals surface area (Å²) in [4.78, 5) is 2.77. The van der Waals surface area contributed by atoms with Gasteiger partial charge in [0.2, 0.25) is 0 Å². The van der Waals surface area contributed by atoms with E-state index in [0.717, 1.165) is 12.8 Å². The van der Waals surface area contributed by atoms with Crippen molar-refractivity contribution in [3.63, 3.8) is 0 Å². The summed E-state index contributed by atoms with van der Waals surface area (Å²) in [5.41, 5.74) is 7.07. The minimum Gasteiger partial charge on any atom is -0.328 e. The van der Waals surface area contributed by atoms with Gasteiger partial charge in [-0.25, -0.2) is 0 Å². The second-order valence-electron chi connectivity index (χ2n) is 4.15. The highest BCUT2D eigenvalue weighted by molar-refractivity contribution is 7.15. The van der Waals surface area contributed by atoms with Crippen LogP contribution in [0.2, 0.25) is 0 Å². The van der Waals surface area contributed by atoms with Crippen LogP contribution in [0.1, 0.15) is 18.2 Å². The van der Waals surface area contributed by atoms with Crippen LogP contribution in [0.3, 0.4) is 0 Å². The number of nitrogens with two attached hydrogens (primary N) is 1. The topological polar surface area (TPSA) is 26.0 Å². The molecule has 2 rings (SSSR count). The predicted octanol–water partition coefficient (Wildman–Crippen LogP) is 3.69. The molecule has 0 saturated heterocycles. The molecule has 16 heavy (non-hydrogen) atoms. The van der Waals surface area contributed by atoms with Gasteiger partial charge in [0.15, 0.2) is 0 Å². The molecule has 1 atom stereocenters. The fourth-order valence-corrected chi connectivity index (χ4v) is 2.67. The first-order valence-electron chi connectivity index (χ1n) is 5.65. The third-order valence-corrected chi connectivity index (χ3v) is 3.76. The number of hydrogen-bond acceptors (Lipinski definition) is 2. The highest BCUT2D eigenvalue weighted by Gasteiger charge is 2.03. The zero-order valence-electron chi connectivity index (χ0n) is 9.52. The number of rotatable bonds is 4. The van der Waals surface area contributed by atoms with E-state index in [4.69, 9.17) is 5.73 Å². The summed E-state index contributed by atoms with van der Waals surface area (Å²) < 4.78 is 0. The summed E-state index contributed by atoms with van der Waals surface area (Å²) in [6, 6.07) is 15.2. The van der Waals surface area contributed by atoms with Crippen LogP contribution in [0.25, 0.3) is 10.4 Å². The van der Waals surface area contributed by atoms with Crippen LogP contribution in [0.5, 0.6) is 0 Å². The van der Waals surface area contributed by atoms with Gasteiger partial charge in [-0.05, 0) is 37.5 Å². The first-order chi connectivity index (χ1) is 7.75. The molecule has 2 heteroatoms. The highest BCUT2D eigenvalue weighted by atomic mass is 32.1. The van der Waals surface area contributed by atoms with E-state index in [1.54, 1.807) is 0 Å². The molecular weight excluding hydrogens is 214 g/mol. The quantitative estimate of drug-likeness (QED) is 0.853. The summed E-state index contributed by atoms with van der Waals surface area (Å²) in [6.07, 6.45) is 2.16. The number of benzene rings is 1. The number of hydrogen-bond donors (Lipinski definition) is 1. The van der Waals surface area contributed by atoms with Gasteiger partial charge in [-0.1, -0.05) is 30.3 Å².